The molecule has 0 radical (unpaired) electrons. The van der Waals surface area contributed by atoms with Crippen molar-refractivity contribution in [2.75, 3.05) is 20.2 Å². The molecule has 1 aromatic rings. The fourth-order valence-electron chi connectivity index (χ4n) is 1.94. The SMILES string of the molecule is COC(=O)CCN(CC(C)C)C(=O)/C=C/c1ccccc1Br. The Labute approximate surface area is 140 Å². The predicted octanol–water partition coefficient (Wildman–Crippen LogP) is 3.51. The lowest BCUT2D eigenvalue weighted by atomic mass is 10.2. The van der Waals surface area contributed by atoms with Crippen molar-refractivity contribution in [2.45, 2.75) is 20.3 Å². The maximum Gasteiger partial charge on any atom is 0.307 e. The number of carbonyl (C=O) groups excluding carboxylic acids is 2. The van der Waals surface area contributed by atoms with Crippen LogP contribution in [0.5, 0.6) is 0 Å². The van der Waals surface area contributed by atoms with Gasteiger partial charge in [0.05, 0.1) is 13.5 Å². The van der Waals surface area contributed by atoms with E-state index in [2.05, 4.69) is 20.7 Å². The Morgan fingerprint density at radius 1 is 1.32 bits per heavy atom. The molecule has 1 amide bonds. The van der Waals surface area contributed by atoms with Crippen LogP contribution in [0.1, 0.15) is 25.8 Å². The highest BCUT2D eigenvalue weighted by Gasteiger charge is 2.14. The molecule has 0 aliphatic heterocycles. The number of ether oxygens (including phenoxy) is 1. The summed E-state index contributed by atoms with van der Waals surface area (Å²) in [6.07, 6.45) is 3.52. The summed E-state index contributed by atoms with van der Waals surface area (Å²) in [6.45, 7) is 5.05. The summed E-state index contributed by atoms with van der Waals surface area (Å²) >= 11 is 3.45. The lowest BCUT2D eigenvalue weighted by Crippen LogP contribution is -2.34. The molecule has 0 bridgehead atoms. The fourth-order valence-corrected chi connectivity index (χ4v) is 2.35. The average Bonchev–Trinajstić information content (AvgIpc) is 2.49. The molecule has 1 aromatic carbocycles. The average molecular weight is 368 g/mol. The summed E-state index contributed by atoms with van der Waals surface area (Å²) in [5, 5.41) is 0. The van der Waals surface area contributed by atoms with Crippen LogP contribution in [0.4, 0.5) is 0 Å². The molecule has 120 valence electrons. The van der Waals surface area contributed by atoms with Crippen LogP contribution in [-0.2, 0) is 14.3 Å². The predicted molar refractivity (Wildman–Crippen MR) is 91.2 cm³/mol. The number of nitrogens with zero attached hydrogens (tertiary/aromatic N) is 1. The van der Waals surface area contributed by atoms with Gasteiger partial charge in [-0.2, -0.15) is 0 Å². The first-order chi connectivity index (χ1) is 10.4. The molecule has 4 nitrogen and oxygen atoms in total. The van der Waals surface area contributed by atoms with Gasteiger partial charge < -0.3 is 9.64 Å². The molecule has 0 heterocycles. The molecule has 0 N–H and O–H groups in total. The summed E-state index contributed by atoms with van der Waals surface area (Å²) < 4.78 is 5.56. The third-order valence-corrected chi connectivity index (χ3v) is 3.74. The van der Waals surface area contributed by atoms with Gasteiger partial charge in [0.25, 0.3) is 0 Å². The molecule has 0 aliphatic carbocycles. The number of esters is 1. The van der Waals surface area contributed by atoms with Crippen LogP contribution in [0.2, 0.25) is 0 Å². The van der Waals surface area contributed by atoms with Crippen molar-refractivity contribution in [3.63, 3.8) is 0 Å². The Morgan fingerprint density at radius 2 is 2.00 bits per heavy atom. The number of benzene rings is 1. The molecule has 0 aliphatic rings. The van der Waals surface area contributed by atoms with E-state index in [0.29, 0.717) is 19.0 Å². The molecule has 1 rings (SSSR count). The van der Waals surface area contributed by atoms with Crippen LogP contribution in [0.25, 0.3) is 6.08 Å². The highest BCUT2D eigenvalue weighted by molar-refractivity contribution is 9.10. The third kappa shape index (κ3) is 6.43. The van der Waals surface area contributed by atoms with E-state index in [1.165, 1.54) is 7.11 Å². The minimum absolute atomic E-state index is 0.103. The van der Waals surface area contributed by atoms with Crippen LogP contribution in [-0.4, -0.2) is 37.0 Å². The van der Waals surface area contributed by atoms with Gasteiger partial charge in [-0.3, -0.25) is 9.59 Å². The van der Waals surface area contributed by atoms with Crippen LogP contribution < -0.4 is 0 Å². The number of rotatable bonds is 7. The quantitative estimate of drug-likeness (QED) is 0.547. The zero-order valence-electron chi connectivity index (χ0n) is 13.2. The zero-order valence-corrected chi connectivity index (χ0v) is 14.8. The molecule has 0 saturated heterocycles. The number of hydrogen-bond donors (Lipinski definition) is 0. The van der Waals surface area contributed by atoms with Crippen molar-refractivity contribution in [3.8, 4) is 0 Å². The van der Waals surface area contributed by atoms with Gasteiger partial charge in [0.15, 0.2) is 0 Å². The van der Waals surface area contributed by atoms with Crippen molar-refractivity contribution in [2.24, 2.45) is 5.92 Å². The second-order valence-electron chi connectivity index (χ2n) is 5.36. The number of carbonyl (C=O) groups is 2. The highest BCUT2D eigenvalue weighted by Crippen LogP contribution is 2.17. The molecule has 0 unspecified atom stereocenters. The van der Waals surface area contributed by atoms with E-state index in [4.69, 9.17) is 0 Å². The van der Waals surface area contributed by atoms with Gasteiger partial charge >= 0.3 is 5.97 Å². The number of hydrogen-bond acceptors (Lipinski definition) is 3. The van der Waals surface area contributed by atoms with Gasteiger partial charge in [0, 0.05) is 23.6 Å². The molecular formula is C17H22BrNO3. The summed E-state index contributed by atoms with van der Waals surface area (Å²) in [6, 6.07) is 7.69. The highest BCUT2D eigenvalue weighted by atomic mass is 79.9. The summed E-state index contributed by atoms with van der Waals surface area (Å²) in [7, 11) is 1.35. The first kappa shape index (κ1) is 18.4. The van der Waals surface area contributed by atoms with Crippen LogP contribution in [0.15, 0.2) is 34.8 Å². The molecule has 0 saturated carbocycles. The van der Waals surface area contributed by atoms with E-state index in [9.17, 15) is 9.59 Å². The largest absolute Gasteiger partial charge is 0.469 e. The monoisotopic (exact) mass is 367 g/mol. The first-order valence-electron chi connectivity index (χ1n) is 7.22. The van der Waals surface area contributed by atoms with Crippen molar-refractivity contribution in [3.05, 3.63) is 40.4 Å². The minimum Gasteiger partial charge on any atom is -0.469 e. The normalized spacial score (nSPS) is 11.0. The fraction of sp³-hybridized carbons (Fsp3) is 0.412. The number of methoxy groups -OCH3 is 1. The summed E-state index contributed by atoms with van der Waals surface area (Å²) in [4.78, 5) is 25.3. The zero-order chi connectivity index (χ0) is 16.5. The van der Waals surface area contributed by atoms with Crippen molar-refractivity contribution < 1.29 is 14.3 Å². The molecule has 0 spiro atoms. The van der Waals surface area contributed by atoms with Gasteiger partial charge in [-0.25, -0.2) is 0 Å². The van der Waals surface area contributed by atoms with Crippen LogP contribution in [0.3, 0.4) is 0 Å². The second-order valence-corrected chi connectivity index (χ2v) is 6.21. The summed E-state index contributed by atoms with van der Waals surface area (Å²) in [5.74, 6) is -0.0804. The summed E-state index contributed by atoms with van der Waals surface area (Å²) in [5.41, 5.74) is 0.938. The lowest BCUT2D eigenvalue weighted by Gasteiger charge is -2.22. The Bertz CT molecular complexity index is 540. The number of halogens is 1. The molecule has 5 heteroatoms. The molecule has 0 aromatic heterocycles. The van der Waals surface area contributed by atoms with E-state index < -0.39 is 0 Å². The maximum atomic E-state index is 12.3. The Balaban J connectivity index is 2.74. The van der Waals surface area contributed by atoms with Gasteiger partial charge in [0.2, 0.25) is 5.91 Å². The van der Waals surface area contributed by atoms with Crippen molar-refractivity contribution in [1.82, 2.24) is 4.90 Å². The molecule has 22 heavy (non-hydrogen) atoms. The van der Waals surface area contributed by atoms with E-state index in [-0.39, 0.29) is 18.3 Å². The molecule has 0 fully saturated rings. The van der Waals surface area contributed by atoms with Gasteiger partial charge in [-0.1, -0.05) is 48.0 Å². The topological polar surface area (TPSA) is 46.6 Å². The van der Waals surface area contributed by atoms with Gasteiger partial charge in [0.1, 0.15) is 0 Å². The van der Waals surface area contributed by atoms with E-state index in [1.807, 2.05) is 38.1 Å². The molecule has 0 atom stereocenters. The van der Waals surface area contributed by atoms with Crippen molar-refractivity contribution >= 4 is 33.9 Å². The number of amides is 1. The van der Waals surface area contributed by atoms with Gasteiger partial charge in [-0.05, 0) is 23.6 Å². The van der Waals surface area contributed by atoms with Crippen molar-refractivity contribution in [1.29, 1.82) is 0 Å². The Kier molecular flexibility index (Phi) is 7.88. The lowest BCUT2D eigenvalue weighted by molar-refractivity contribution is -0.141. The first-order valence-corrected chi connectivity index (χ1v) is 8.01. The Morgan fingerprint density at radius 3 is 2.59 bits per heavy atom. The standard InChI is InChI=1S/C17H22BrNO3/c1-13(2)12-19(11-10-17(21)22-3)16(20)9-8-14-6-4-5-7-15(14)18/h4-9,13H,10-12H2,1-3H3/b9-8+. The van der Waals surface area contributed by atoms with Crippen LogP contribution >= 0.6 is 15.9 Å². The minimum atomic E-state index is -0.309. The van der Waals surface area contributed by atoms with Gasteiger partial charge in [-0.15, -0.1) is 0 Å². The third-order valence-electron chi connectivity index (χ3n) is 3.02. The smallest absolute Gasteiger partial charge is 0.307 e. The Hall–Kier alpha value is -1.62. The maximum absolute atomic E-state index is 12.3. The molecular weight excluding hydrogens is 346 g/mol. The van der Waals surface area contributed by atoms with Crippen LogP contribution in [0, 0.1) is 5.92 Å². The second kappa shape index (κ2) is 9.41. The van der Waals surface area contributed by atoms with E-state index in [0.717, 1.165) is 10.0 Å². The van der Waals surface area contributed by atoms with E-state index in [1.54, 1.807) is 17.1 Å². The van der Waals surface area contributed by atoms with E-state index >= 15 is 0 Å².